The number of carbonyl (C=O) groups is 1. The van der Waals surface area contributed by atoms with Crippen molar-refractivity contribution in [2.75, 3.05) is 0 Å². The highest BCUT2D eigenvalue weighted by molar-refractivity contribution is 7.13. The number of fused-ring (bicyclic) bond motifs is 1. The molecule has 0 radical (unpaired) electrons. The summed E-state index contributed by atoms with van der Waals surface area (Å²) in [4.78, 5) is 18.7. The van der Waals surface area contributed by atoms with E-state index < -0.39 is 0 Å². The Morgan fingerprint density at radius 3 is 2.59 bits per heavy atom. The Morgan fingerprint density at radius 2 is 1.85 bits per heavy atom. The number of para-hydroxylation sites is 1. The van der Waals surface area contributed by atoms with Gasteiger partial charge in [-0.2, -0.15) is 0 Å². The highest BCUT2D eigenvalue weighted by Crippen LogP contribution is 2.28. The first-order valence-electron chi connectivity index (χ1n) is 8.62. The van der Waals surface area contributed by atoms with Crippen LogP contribution in [0, 0.1) is 5.82 Å². The molecule has 3 nitrogen and oxygen atoms in total. The topological polar surface area (TPSA) is 42.0 Å². The predicted octanol–water partition coefficient (Wildman–Crippen LogP) is 5.59. The van der Waals surface area contributed by atoms with E-state index in [2.05, 4.69) is 5.32 Å². The monoisotopic (exact) mass is 376 g/mol. The van der Waals surface area contributed by atoms with Gasteiger partial charge in [0, 0.05) is 5.39 Å². The van der Waals surface area contributed by atoms with Crippen molar-refractivity contribution in [3.63, 3.8) is 0 Å². The van der Waals surface area contributed by atoms with Gasteiger partial charge in [0.1, 0.15) is 5.82 Å². The van der Waals surface area contributed by atoms with Crippen LogP contribution >= 0.6 is 11.3 Å². The van der Waals surface area contributed by atoms with E-state index in [1.807, 2.05) is 54.8 Å². The number of thiophene rings is 1. The van der Waals surface area contributed by atoms with Crippen LogP contribution in [0.15, 0.2) is 72.1 Å². The quantitative estimate of drug-likeness (QED) is 0.504. The molecule has 1 N–H and O–H groups in total. The maximum atomic E-state index is 13.1. The third-order valence-corrected chi connectivity index (χ3v) is 5.34. The summed E-state index contributed by atoms with van der Waals surface area (Å²) in [5.74, 6) is -0.471. The van der Waals surface area contributed by atoms with Gasteiger partial charge in [-0.1, -0.05) is 36.4 Å². The van der Waals surface area contributed by atoms with E-state index in [0.717, 1.165) is 27.0 Å². The molecule has 0 aliphatic heterocycles. The molecule has 5 heteroatoms. The van der Waals surface area contributed by atoms with E-state index >= 15 is 0 Å². The van der Waals surface area contributed by atoms with Crippen LogP contribution in [0.2, 0.25) is 0 Å². The third-order valence-electron chi connectivity index (χ3n) is 4.45. The van der Waals surface area contributed by atoms with Crippen molar-refractivity contribution in [2.24, 2.45) is 0 Å². The van der Waals surface area contributed by atoms with Gasteiger partial charge in [-0.15, -0.1) is 11.3 Å². The summed E-state index contributed by atoms with van der Waals surface area (Å²) < 4.78 is 13.1. The molecule has 27 heavy (non-hydrogen) atoms. The minimum atomic E-state index is -0.294. The normalized spacial score (nSPS) is 12.1. The first-order valence-corrected chi connectivity index (χ1v) is 9.50. The molecule has 4 aromatic rings. The van der Waals surface area contributed by atoms with Crippen LogP contribution in [0.25, 0.3) is 21.5 Å². The van der Waals surface area contributed by atoms with Crippen molar-refractivity contribution >= 4 is 28.1 Å². The van der Waals surface area contributed by atoms with Crippen molar-refractivity contribution in [3.8, 4) is 10.6 Å². The van der Waals surface area contributed by atoms with Gasteiger partial charge in [0.15, 0.2) is 0 Å². The van der Waals surface area contributed by atoms with Gasteiger partial charge in [0.05, 0.1) is 27.7 Å². The number of pyridine rings is 1. The zero-order valence-electron chi connectivity index (χ0n) is 14.6. The van der Waals surface area contributed by atoms with Crippen LogP contribution in [0.5, 0.6) is 0 Å². The standard InChI is InChI=1S/C22H17FN2OS/c1-14(15-8-10-16(23)11-9-15)24-22(26)18-13-20(21-7-4-12-27-21)25-19-6-3-2-5-17(18)19/h2-14H,1H3,(H,24,26)/t14-/m0/s1. The lowest BCUT2D eigenvalue weighted by atomic mass is 10.0. The Hall–Kier alpha value is -3.05. The summed E-state index contributed by atoms with van der Waals surface area (Å²) in [7, 11) is 0. The summed E-state index contributed by atoms with van der Waals surface area (Å²) in [6.45, 7) is 1.88. The fourth-order valence-electron chi connectivity index (χ4n) is 3.02. The number of benzene rings is 2. The molecule has 0 unspecified atom stereocenters. The molecular weight excluding hydrogens is 359 g/mol. The average Bonchev–Trinajstić information content (AvgIpc) is 3.22. The van der Waals surface area contributed by atoms with Crippen LogP contribution < -0.4 is 5.32 Å². The lowest BCUT2D eigenvalue weighted by Crippen LogP contribution is -2.27. The van der Waals surface area contributed by atoms with Gasteiger partial charge < -0.3 is 5.32 Å². The second-order valence-electron chi connectivity index (χ2n) is 6.30. The van der Waals surface area contributed by atoms with Gasteiger partial charge in [-0.25, -0.2) is 9.37 Å². The molecule has 2 heterocycles. The number of nitrogens with one attached hydrogen (secondary N) is 1. The van der Waals surface area contributed by atoms with E-state index in [1.165, 1.54) is 12.1 Å². The molecule has 0 fully saturated rings. The number of halogens is 1. The first kappa shape index (κ1) is 17.4. The number of amides is 1. The largest absolute Gasteiger partial charge is 0.345 e. The molecule has 1 atom stereocenters. The summed E-state index contributed by atoms with van der Waals surface area (Å²) >= 11 is 1.59. The SMILES string of the molecule is C[C@H](NC(=O)c1cc(-c2cccs2)nc2ccccc12)c1ccc(F)cc1. The van der Waals surface area contributed by atoms with Crippen LogP contribution in [0.4, 0.5) is 4.39 Å². The number of carbonyl (C=O) groups excluding carboxylic acids is 1. The second kappa shape index (κ2) is 7.29. The van der Waals surface area contributed by atoms with Crippen molar-refractivity contribution in [3.05, 3.63) is 89.1 Å². The lowest BCUT2D eigenvalue weighted by Gasteiger charge is -2.16. The molecule has 0 saturated heterocycles. The smallest absolute Gasteiger partial charge is 0.252 e. The van der Waals surface area contributed by atoms with Gasteiger partial charge in [0.2, 0.25) is 0 Å². The third kappa shape index (κ3) is 3.59. The molecule has 0 aliphatic rings. The second-order valence-corrected chi connectivity index (χ2v) is 7.24. The van der Waals surface area contributed by atoms with Crippen LogP contribution in [0.3, 0.4) is 0 Å². The highest BCUT2D eigenvalue weighted by atomic mass is 32.1. The van der Waals surface area contributed by atoms with Crippen molar-refractivity contribution in [2.45, 2.75) is 13.0 Å². The molecular formula is C22H17FN2OS. The Bertz CT molecular complexity index is 1090. The minimum Gasteiger partial charge on any atom is -0.345 e. The Kier molecular flexibility index (Phi) is 4.69. The number of hydrogen-bond donors (Lipinski definition) is 1. The molecule has 0 bridgehead atoms. The highest BCUT2D eigenvalue weighted by Gasteiger charge is 2.17. The van der Waals surface area contributed by atoms with Crippen molar-refractivity contribution in [1.29, 1.82) is 0 Å². The predicted molar refractivity (Wildman–Crippen MR) is 107 cm³/mol. The maximum absolute atomic E-state index is 13.1. The van der Waals surface area contributed by atoms with Gasteiger partial charge in [-0.3, -0.25) is 4.79 Å². The van der Waals surface area contributed by atoms with Crippen LogP contribution in [-0.2, 0) is 0 Å². The van der Waals surface area contributed by atoms with Gasteiger partial charge in [0.25, 0.3) is 5.91 Å². The maximum Gasteiger partial charge on any atom is 0.252 e. The van der Waals surface area contributed by atoms with E-state index in [4.69, 9.17) is 4.98 Å². The number of nitrogens with zero attached hydrogens (tertiary/aromatic N) is 1. The fraction of sp³-hybridized carbons (Fsp3) is 0.0909. The summed E-state index contributed by atoms with van der Waals surface area (Å²) in [5, 5.41) is 5.81. The molecule has 2 aromatic heterocycles. The molecule has 134 valence electrons. The average molecular weight is 376 g/mol. The lowest BCUT2D eigenvalue weighted by molar-refractivity contribution is 0.0941. The van der Waals surface area contributed by atoms with E-state index in [0.29, 0.717) is 5.56 Å². The van der Waals surface area contributed by atoms with E-state index in [9.17, 15) is 9.18 Å². The molecule has 0 spiro atoms. The molecule has 0 aliphatic carbocycles. The summed E-state index contributed by atoms with van der Waals surface area (Å²) in [6, 6.07) is 19.3. The van der Waals surface area contributed by atoms with Gasteiger partial charge >= 0.3 is 0 Å². The zero-order valence-corrected chi connectivity index (χ0v) is 15.5. The molecule has 0 saturated carbocycles. The Balaban J connectivity index is 1.71. The van der Waals surface area contributed by atoms with Crippen LogP contribution in [0.1, 0.15) is 28.9 Å². The van der Waals surface area contributed by atoms with Crippen molar-refractivity contribution in [1.82, 2.24) is 10.3 Å². The van der Waals surface area contributed by atoms with Gasteiger partial charge in [-0.05, 0) is 48.2 Å². The zero-order chi connectivity index (χ0) is 18.8. The number of rotatable bonds is 4. The van der Waals surface area contributed by atoms with E-state index in [1.54, 1.807) is 23.5 Å². The van der Waals surface area contributed by atoms with Crippen molar-refractivity contribution < 1.29 is 9.18 Å². The number of aromatic nitrogens is 1. The summed E-state index contributed by atoms with van der Waals surface area (Å²) in [6.07, 6.45) is 0. The van der Waals surface area contributed by atoms with Crippen LogP contribution in [-0.4, -0.2) is 10.9 Å². The number of hydrogen-bond acceptors (Lipinski definition) is 3. The molecule has 1 amide bonds. The summed E-state index contributed by atoms with van der Waals surface area (Å²) in [5.41, 5.74) is 2.99. The fourth-order valence-corrected chi connectivity index (χ4v) is 3.71. The molecule has 4 rings (SSSR count). The van der Waals surface area contributed by atoms with E-state index in [-0.39, 0.29) is 17.8 Å². The minimum absolute atomic E-state index is 0.178. The molecule has 2 aromatic carbocycles. The first-order chi connectivity index (χ1) is 13.1. The Morgan fingerprint density at radius 1 is 1.07 bits per heavy atom. The Labute approximate surface area is 160 Å².